The van der Waals surface area contributed by atoms with Crippen LogP contribution in [0, 0.1) is 0 Å². The fourth-order valence-corrected chi connectivity index (χ4v) is 14.2. The van der Waals surface area contributed by atoms with E-state index in [2.05, 4.69) is 202 Å². The third-order valence-electron chi connectivity index (χ3n) is 17.2. The van der Waals surface area contributed by atoms with Gasteiger partial charge in [0.15, 0.2) is 0 Å². The Bertz CT molecular complexity index is 3570. The van der Waals surface area contributed by atoms with Crippen molar-refractivity contribution in [2.75, 3.05) is 4.90 Å². The minimum absolute atomic E-state index is 0.0632. The summed E-state index contributed by atoms with van der Waals surface area (Å²) in [5.74, 6) is 0. The number of fused-ring (bicyclic) bond motifs is 15. The number of rotatable bonds is 2. The van der Waals surface area contributed by atoms with Crippen molar-refractivity contribution < 1.29 is 0 Å². The highest BCUT2D eigenvalue weighted by Gasteiger charge is 2.45. The first-order valence-electron chi connectivity index (χ1n) is 24.1. The average Bonchev–Trinajstić information content (AvgIpc) is 3.92. The minimum Gasteiger partial charge on any atom is -0.354 e. The van der Waals surface area contributed by atoms with Crippen LogP contribution in [0.5, 0.6) is 0 Å². The molecule has 7 aromatic carbocycles. The zero-order valence-corrected chi connectivity index (χ0v) is 40.5. The van der Waals surface area contributed by atoms with Crippen molar-refractivity contribution in [1.82, 2.24) is 4.98 Å². The standard InChI is InChI=1S/C61H58BN2S/c1-57(2)26-27-58(3,4)44-30-35(23-24-43(44)57)64-54-41-32-45-46(60(7,8)29-28-59(45,5)6)33-49(41)65-56(54)62-52-40(31-47-51(55(52)64)38-18-13-14-21-42(38)61(47,9)10)37-19-15-20-39-50-36-17-12-11-16-34(36)22-25-48(50)63-53(37)39/h11-25,30-33,63H,26-29H2,1-10H3. The first kappa shape index (κ1) is 39.8. The fraction of sp³-hybridized carbons (Fsp3) is 0.311. The van der Waals surface area contributed by atoms with Gasteiger partial charge in [-0.15, -0.1) is 11.3 Å². The molecule has 2 aromatic heterocycles. The van der Waals surface area contributed by atoms with Crippen molar-refractivity contribution in [2.24, 2.45) is 0 Å². The van der Waals surface area contributed by atoms with Crippen molar-refractivity contribution in [2.45, 2.75) is 122 Å². The summed E-state index contributed by atoms with van der Waals surface area (Å²) < 4.78 is 2.72. The quantitative estimate of drug-likeness (QED) is 0.172. The van der Waals surface area contributed by atoms with Crippen LogP contribution in [0.3, 0.4) is 0 Å². The molecule has 2 nitrogen and oxygen atoms in total. The molecule has 4 aliphatic rings. The first-order valence-corrected chi connectivity index (χ1v) is 24.9. The van der Waals surface area contributed by atoms with Crippen LogP contribution in [0.2, 0.25) is 0 Å². The lowest BCUT2D eigenvalue weighted by Crippen LogP contribution is -2.40. The number of nitrogens with zero attached hydrogens (tertiary/aromatic N) is 1. The van der Waals surface area contributed by atoms with Crippen molar-refractivity contribution in [3.05, 3.63) is 149 Å². The highest BCUT2D eigenvalue weighted by molar-refractivity contribution is 7.29. The predicted octanol–water partition coefficient (Wildman–Crippen LogP) is 15.8. The van der Waals surface area contributed by atoms with Gasteiger partial charge in [0.25, 0.3) is 0 Å². The Morgan fingerprint density at radius 3 is 1.92 bits per heavy atom. The van der Waals surface area contributed by atoms with Gasteiger partial charge in [-0.25, -0.2) is 0 Å². The molecular weight excluding hydrogens is 804 g/mol. The highest BCUT2D eigenvalue weighted by atomic mass is 32.1. The van der Waals surface area contributed by atoms with Gasteiger partial charge in [0.1, 0.15) is 0 Å². The van der Waals surface area contributed by atoms with Crippen LogP contribution in [-0.2, 0) is 27.1 Å². The summed E-state index contributed by atoms with van der Waals surface area (Å²) in [4.78, 5) is 6.76. The molecule has 0 saturated carbocycles. The second kappa shape index (κ2) is 12.9. The van der Waals surface area contributed by atoms with E-state index in [9.17, 15) is 0 Å². The van der Waals surface area contributed by atoms with Crippen LogP contribution in [0.15, 0.2) is 115 Å². The number of hydrogen-bond donors (Lipinski definition) is 1. The number of H-pyrrole nitrogens is 1. The molecule has 0 saturated heterocycles. The Morgan fingerprint density at radius 2 is 1.15 bits per heavy atom. The van der Waals surface area contributed by atoms with Crippen molar-refractivity contribution >= 4 is 88.6 Å². The van der Waals surface area contributed by atoms with E-state index in [1.807, 2.05) is 11.3 Å². The number of nitrogens with one attached hydrogen (secondary N) is 1. The van der Waals surface area contributed by atoms with Gasteiger partial charge >= 0.3 is 0 Å². The van der Waals surface area contributed by atoms with Crippen LogP contribution in [0.4, 0.5) is 17.1 Å². The van der Waals surface area contributed by atoms with Crippen LogP contribution in [0.25, 0.3) is 64.9 Å². The molecule has 0 fully saturated rings. The van der Waals surface area contributed by atoms with Gasteiger partial charge in [0.2, 0.25) is 7.28 Å². The SMILES string of the molecule is CC1(C)CCC(C)(C)c2cc(N3c4c(c(-c5cccc6c5[nH]c5ccc7ccccc7c56)cc5c4-c4ccccc4C5(C)C)[B]c4sc5cc6c(cc5c43)C(C)(C)CCC6(C)C)ccc21. The number of aromatic amines is 1. The molecule has 0 unspecified atom stereocenters. The van der Waals surface area contributed by atoms with Gasteiger partial charge in [0.05, 0.1) is 11.2 Å². The number of para-hydroxylation sites is 1. The maximum atomic E-state index is 4.01. The van der Waals surface area contributed by atoms with Gasteiger partial charge in [-0.3, -0.25) is 0 Å². The summed E-state index contributed by atoms with van der Waals surface area (Å²) in [7, 11) is 2.59. The number of benzene rings is 7. The van der Waals surface area contributed by atoms with Crippen molar-refractivity contribution in [1.29, 1.82) is 0 Å². The van der Waals surface area contributed by atoms with Crippen molar-refractivity contribution in [3.63, 3.8) is 0 Å². The van der Waals surface area contributed by atoms with Gasteiger partial charge < -0.3 is 9.88 Å². The molecule has 1 aliphatic heterocycles. The first-order chi connectivity index (χ1) is 30.9. The minimum atomic E-state index is -0.209. The molecule has 3 heterocycles. The lowest BCUT2D eigenvalue weighted by atomic mass is 9.60. The molecule has 4 heteroatoms. The smallest absolute Gasteiger partial charge is 0.211 e. The summed E-state index contributed by atoms with van der Waals surface area (Å²) >= 11 is 1.99. The molecule has 0 amide bonds. The van der Waals surface area contributed by atoms with E-state index in [0.717, 1.165) is 0 Å². The Kier molecular flexibility index (Phi) is 7.86. The lowest BCUT2D eigenvalue weighted by molar-refractivity contribution is 0.332. The molecule has 321 valence electrons. The van der Waals surface area contributed by atoms with E-state index < -0.39 is 0 Å². The second-order valence-electron chi connectivity index (χ2n) is 23.3. The van der Waals surface area contributed by atoms with E-state index in [4.69, 9.17) is 0 Å². The lowest BCUT2D eigenvalue weighted by Gasteiger charge is -2.43. The molecule has 9 aromatic rings. The summed E-state index contributed by atoms with van der Waals surface area (Å²) in [5.41, 5.74) is 21.9. The Balaban J connectivity index is 1.18. The zero-order valence-electron chi connectivity index (χ0n) is 39.7. The van der Waals surface area contributed by atoms with E-state index in [-0.39, 0.29) is 27.1 Å². The maximum absolute atomic E-state index is 4.01. The van der Waals surface area contributed by atoms with Crippen LogP contribution in [0.1, 0.15) is 128 Å². The summed E-state index contributed by atoms with van der Waals surface area (Å²) in [6, 6.07) is 45.0. The van der Waals surface area contributed by atoms with Gasteiger partial charge in [-0.1, -0.05) is 148 Å². The highest BCUT2D eigenvalue weighted by Crippen LogP contribution is 2.58. The normalized spacial score (nSPS) is 19.1. The number of aromatic nitrogens is 1. The van der Waals surface area contributed by atoms with Crippen molar-refractivity contribution in [3.8, 4) is 22.3 Å². The fourth-order valence-electron chi connectivity index (χ4n) is 13.1. The Morgan fingerprint density at radius 1 is 0.508 bits per heavy atom. The third-order valence-corrected chi connectivity index (χ3v) is 18.3. The van der Waals surface area contributed by atoms with Crippen LogP contribution >= 0.6 is 11.3 Å². The molecule has 1 N–H and O–H groups in total. The van der Waals surface area contributed by atoms with E-state index in [0.29, 0.717) is 0 Å². The van der Waals surface area contributed by atoms with Crippen LogP contribution < -0.4 is 15.1 Å². The molecule has 13 rings (SSSR count). The van der Waals surface area contributed by atoms with E-state index in [1.54, 1.807) is 0 Å². The number of hydrogen-bond acceptors (Lipinski definition) is 2. The second-order valence-corrected chi connectivity index (χ2v) is 24.4. The molecule has 3 aliphatic carbocycles. The largest absolute Gasteiger partial charge is 0.354 e. The molecule has 0 atom stereocenters. The van der Waals surface area contributed by atoms with E-state index in [1.165, 1.54) is 151 Å². The Hall–Kier alpha value is -5.58. The summed E-state index contributed by atoms with van der Waals surface area (Å²) in [5, 5.41) is 6.52. The van der Waals surface area contributed by atoms with Gasteiger partial charge in [-0.05, 0) is 149 Å². The molecule has 0 spiro atoms. The molecule has 65 heavy (non-hydrogen) atoms. The summed E-state index contributed by atoms with van der Waals surface area (Å²) in [6.45, 7) is 24.6. The molecular formula is C61H58BN2S. The van der Waals surface area contributed by atoms with Gasteiger partial charge in [0, 0.05) is 54.3 Å². The zero-order chi connectivity index (χ0) is 44.7. The van der Waals surface area contributed by atoms with Crippen LogP contribution in [-0.4, -0.2) is 12.3 Å². The molecule has 1 radical (unpaired) electrons. The van der Waals surface area contributed by atoms with E-state index >= 15 is 0 Å². The number of anilines is 3. The van der Waals surface area contributed by atoms with Gasteiger partial charge in [-0.2, -0.15) is 0 Å². The summed E-state index contributed by atoms with van der Waals surface area (Å²) in [6.07, 6.45) is 4.77. The third kappa shape index (κ3) is 5.35. The maximum Gasteiger partial charge on any atom is 0.211 e. The predicted molar refractivity (Wildman–Crippen MR) is 282 cm³/mol. The topological polar surface area (TPSA) is 19.0 Å². The average molecular weight is 862 g/mol. The monoisotopic (exact) mass is 861 g/mol. The number of thiophene rings is 1. The molecule has 0 bridgehead atoms. The Labute approximate surface area is 389 Å².